The Balaban J connectivity index is 1.66. The van der Waals surface area contributed by atoms with Gasteiger partial charge in [-0.3, -0.25) is 14.0 Å². The van der Waals surface area contributed by atoms with Gasteiger partial charge < -0.3 is 10.1 Å². The van der Waals surface area contributed by atoms with Crippen molar-refractivity contribution in [3.05, 3.63) is 65.5 Å². The van der Waals surface area contributed by atoms with Crippen LogP contribution in [0.2, 0.25) is 0 Å². The van der Waals surface area contributed by atoms with Crippen LogP contribution >= 0.6 is 0 Å². The highest BCUT2D eigenvalue weighted by molar-refractivity contribution is 7.92. The van der Waals surface area contributed by atoms with Crippen LogP contribution in [0, 0.1) is 5.82 Å². The smallest absolute Gasteiger partial charge is 0.243 e. The molecule has 1 heterocycles. The summed E-state index contributed by atoms with van der Waals surface area (Å²) in [4.78, 5) is 15.0. The van der Waals surface area contributed by atoms with E-state index in [0.717, 1.165) is 60.6 Å². The quantitative estimate of drug-likeness (QED) is 0.668. The van der Waals surface area contributed by atoms with E-state index in [0.29, 0.717) is 0 Å². The number of halogens is 1. The molecule has 2 aromatic rings. The Morgan fingerprint density at radius 3 is 2.52 bits per heavy atom. The summed E-state index contributed by atoms with van der Waals surface area (Å²) in [5, 5.41) is 2.77. The number of benzene rings is 2. The minimum Gasteiger partial charge on any atom is -0.379 e. The average molecular weight is 450 g/mol. The molecule has 0 spiro atoms. The Morgan fingerprint density at radius 1 is 1.16 bits per heavy atom. The zero-order valence-electron chi connectivity index (χ0n) is 17.8. The van der Waals surface area contributed by atoms with Gasteiger partial charge in [-0.15, -0.1) is 0 Å². The number of para-hydroxylation sites is 1. The molecule has 7 nitrogen and oxygen atoms in total. The largest absolute Gasteiger partial charge is 0.379 e. The van der Waals surface area contributed by atoms with Gasteiger partial charge in [-0.25, -0.2) is 12.8 Å². The van der Waals surface area contributed by atoms with Crippen LogP contribution in [-0.4, -0.2) is 57.8 Å². The lowest BCUT2D eigenvalue weighted by atomic mass is 10.1. The van der Waals surface area contributed by atoms with Crippen molar-refractivity contribution in [3.8, 4) is 0 Å². The molecular weight excluding hydrogens is 421 g/mol. The molecule has 1 atom stereocenters. The Bertz CT molecular complexity index is 1010. The summed E-state index contributed by atoms with van der Waals surface area (Å²) in [5.41, 5.74) is 1.88. The normalized spacial score (nSPS) is 16.0. The van der Waals surface area contributed by atoms with Crippen molar-refractivity contribution in [3.63, 3.8) is 0 Å². The molecule has 0 radical (unpaired) electrons. The molecule has 168 valence electrons. The maximum absolute atomic E-state index is 14.2. The van der Waals surface area contributed by atoms with Gasteiger partial charge in [0.05, 0.1) is 25.2 Å². The van der Waals surface area contributed by atoms with Gasteiger partial charge >= 0.3 is 0 Å². The lowest BCUT2D eigenvalue weighted by Crippen LogP contribution is -2.48. The number of amides is 1. The van der Waals surface area contributed by atoms with E-state index in [1.807, 2.05) is 24.3 Å². The molecular formula is C22H28FN3O4S. The van der Waals surface area contributed by atoms with Gasteiger partial charge in [0.2, 0.25) is 15.9 Å². The number of hydrogen-bond donors (Lipinski definition) is 1. The number of ether oxygens (including phenoxy) is 1. The Labute approximate surface area is 182 Å². The second kappa shape index (κ2) is 10.2. The number of anilines is 1. The number of sulfonamides is 1. The molecule has 1 aliphatic rings. The molecule has 1 amide bonds. The third-order valence-electron chi connectivity index (χ3n) is 5.15. The summed E-state index contributed by atoms with van der Waals surface area (Å²) >= 11 is 0. The molecule has 1 N–H and O–H groups in total. The molecule has 31 heavy (non-hydrogen) atoms. The van der Waals surface area contributed by atoms with E-state index in [1.54, 1.807) is 0 Å². The van der Waals surface area contributed by atoms with Crippen LogP contribution in [-0.2, 0) is 32.6 Å². The van der Waals surface area contributed by atoms with Crippen molar-refractivity contribution in [2.24, 2.45) is 0 Å². The predicted molar refractivity (Wildman–Crippen MR) is 118 cm³/mol. The zero-order valence-corrected chi connectivity index (χ0v) is 18.6. The van der Waals surface area contributed by atoms with Crippen molar-refractivity contribution >= 4 is 21.6 Å². The first kappa shape index (κ1) is 23.2. The molecule has 1 unspecified atom stereocenters. The topological polar surface area (TPSA) is 79.0 Å². The number of carbonyl (C=O) groups excluding carboxylic acids is 1. The number of nitrogens with one attached hydrogen (secondary N) is 1. The van der Waals surface area contributed by atoms with Crippen LogP contribution in [0.25, 0.3) is 0 Å². The highest BCUT2D eigenvalue weighted by Gasteiger charge is 2.30. The first-order valence-corrected chi connectivity index (χ1v) is 12.0. The van der Waals surface area contributed by atoms with Gasteiger partial charge in [0, 0.05) is 26.2 Å². The predicted octanol–water partition coefficient (Wildman–Crippen LogP) is 2.13. The van der Waals surface area contributed by atoms with E-state index in [-0.39, 0.29) is 12.2 Å². The molecule has 3 rings (SSSR count). The summed E-state index contributed by atoms with van der Waals surface area (Å²) in [6.45, 7) is 5.72. The molecule has 2 aromatic carbocycles. The van der Waals surface area contributed by atoms with Gasteiger partial charge in [0.15, 0.2) is 0 Å². The monoisotopic (exact) mass is 449 g/mol. The van der Waals surface area contributed by atoms with Crippen LogP contribution in [0.5, 0.6) is 0 Å². The minimum atomic E-state index is -3.87. The van der Waals surface area contributed by atoms with Crippen molar-refractivity contribution in [1.29, 1.82) is 0 Å². The maximum atomic E-state index is 14.2. The first-order chi connectivity index (χ1) is 14.8. The van der Waals surface area contributed by atoms with Gasteiger partial charge in [-0.1, -0.05) is 36.4 Å². The van der Waals surface area contributed by atoms with Crippen LogP contribution in [0.15, 0.2) is 48.5 Å². The van der Waals surface area contributed by atoms with E-state index >= 15 is 0 Å². The van der Waals surface area contributed by atoms with Crippen molar-refractivity contribution in [2.75, 3.05) is 36.9 Å². The van der Waals surface area contributed by atoms with Gasteiger partial charge in [-0.05, 0) is 30.2 Å². The second-order valence-corrected chi connectivity index (χ2v) is 9.47. The van der Waals surface area contributed by atoms with Crippen molar-refractivity contribution in [2.45, 2.75) is 26.1 Å². The fraction of sp³-hybridized carbons (Fsp3) is 0.409. The molecule has 0 bridgehead atoms. The fourth-order valence-corrected chi connectivity index (χ4v) is 4.78. The summed E-state index contributed by atoms with van der Waals surface area (Å²) in [7, 11) is -3.87. The van der Waals surface area contributed by atoms with Crippen LogP contribution in [0.1, 0.15) is 18.1 Å². The molecule has 0 aliphatic carbocycles. The van der Waals surface area contributed by atoms with Gasteiger partial charge in [0.25, 0.3) is 0 Å². The number of hydrogen-bond acceptors (Lipinski definition) is 5. The van der Waals surface area contributed by atoms with Crippen LogP contribution in [0.3, 0.4) is 0 Å². The lowest BCUT2D eigenvalue weighted by molar-refractivity contribution is -0.122. The van der Waals surface area contributed by atoms with E-state index in [9.17, 15) is 17.6 Å². The average Bonchev–Trinajstić information content (AvgIpc) is 2.73. The van der Waals surface area contributed by atoms with Crippen LogP contribution < -0.4 is 9.62 Å². The zero-order chi connectivity index (χ0) is 22.4. The summed E-state index contributed by atoms with van der Waals surface area (Å²) in [6, 6.07) is 12.3. The fourth-order valence-electron chi connectivity index (χ4n) is 3.60. The molecule has 0 aromatic heterocycles. The number of carbonyl (C=O) groups is 1. The molecule has 9 heteroatoms. The SMILES string of the molecule is CC(C(=O)NCc1cccc(CN2CCOCC2)c1)N(c1ccccc1F)S(C)(=O)=O. The maximum Gasteiger partial charge on any atom is 0.243 e. The minimum absolute atomic E-state index is 0.153. The van der Waals surface area contributed by atoms with Gasteiger partial charge in [-0.2, -0.15) is 0 Å². The van der Waals surface area contributed by atoms with Crippen molar-refractivity contribution in [1.82, 2.24) is 10.2 Å². The van der Waals surface area contributed by atoms with E-state index in [1.165, 1.54) is 25.1 Å². The third kappa shape index (κ3) is 6.25. The lowest BCUT2D eigenvalue weighted by Gasteiger charge is -2.28. The molecule has 1 saturated heterocycles. The highest BCUT2D eigenvalue weighted by atomic mass is 32.2. The van der Waals surface area contributed by atoms with Gasteiger partial charge in [0.1, 0.15) is 11.9 Å². The Hall–Kier alpha value is -2.49. The number of nitrogens with zero attached hydrogens (tertiary/aromatic N) is 2. The summed E-state index contributed by atoms with van der Waals surface area (Å²) < 4.78 is 45.0. The van der Waals surface area contributed by atoms with E-state index in [2.05, 4.69) is 10.2 Å². The number of morpholine rings is 1. The Morgan fingerprint density at radius 2 is 1.84 bits per heavy atom. The molecule has 1 fully saturated rings. The summed E-state index contributed by atoms with van der Waals surface area (Å²) in [5.74, 6) is -1.21. The number of rotatable bonds is 8. The first-order valence-electron chi connectivity index (χ1n) is 10.2. The van der Waals surface area contributed by atoms with Crippen molar-refractivity contribution < 1.29 is 22.3 Å². The van der Waals surface area contributed by atoms with E-state index in [4.69, 9.17) is 4.74 Å². The standard InChI is InChI=1S/C22H28FN3O4S/c1-17(26(31(2,28)29)21-9-4-3-8-20(21)23)22(27)24-15-18-6-5-7-19(14-18)16-25-10-12-30-13-11-25/h3-9,14,17H,10-13,15-16H2,1-2H3,(H,24,27). The van der Waals surface area contributed by atoms with Crippen LogP contribution in [0.4, 0.5) is 10.1 Å². The second-order valence-electron chi connectivity index (χ2n) is 7.61. The summed E-state index contributed by atoms with van der Waals surface area (Å²) in [6.07, 6.45) is 0.957. The highest BCUT2D eigenvalue weighted by Crippen LogP contribution is 2.24. The Kier molecular flexibility index (Phi) is 7.64. The third-order valence-corrected chi connectivity index (χ3v) is 6.37. The molecule has 1 aliphatic heterocycles. The van der Waals surface area contributed by atoms with E-state index < -0.39 is 27.8 Å². The molecule has 0 saturated carbocycles.